The van der Waals surface area contributed by atoms with Crippen molar-refractivity contribution < 1.29 is 0 Å². The van der Waals surface area contributed by atoms with E-state index in [0.717, 1.165) is 28.0 Å². The van der Waals surface area contributed by atoms with Crippen molar-refractivity contribution in [2.24, 2.45) is 5.73 Å². The molecule has 2 N–H and O–H groups in total. The molecule has 0 bridgehead atoms. The maximum atomic E-state index is 6.37. The fourth-order valence-electron chi connectivity index (χ4n) is 2.49. The highest BCUT2D eigenvalue weighted by Crippen LogP contribution is 2.25. The average molecular weight is 283 g/mol. The zero-order chi connectivity index (χ0) is 13.9. The molecule has 0 radical (unpaired) electrons. The SMILES string of the molecule is NC(Cc1cccc(Cl)c1)c1cccc2ccncc12. The van der Waals surface area contributed by atoms with Crippen molar-refractivity contribution in [1.29, 1.82) is 0 Å². The number of nitrogens with zero attached hydrogens (tertiary/aromatic N) is 1. The zero-order valence-corrected chi connectivity index (χ0v) is 11.7. The van der Waals surface area contributed by atoms with Gasteiger partial charge in [-0.3, -0.25) is 4.98 Å². The van der Waals surface area contributed by atoms with E-state index in [1.807, 2.05) is 36.5 Å². The Kier molecular flexibility index (Phi) is 3.68. The normalized spacial score (nSPS) is 12.5. The van der Waals surface area contributed by atoms with Crippen LogP contribution in [0.25, 0.3) is 10.8 Å². The quantitative estimate of drug-likeness (QED) is 0.784. The molecule has 1 atom stereocenters. The van der Waals surface area contributed by atoms with E-state index in [9.17, 15) is 0 Å². The van der Waals surface area contributed by atoms with Crippen LogP contribution in [0.4, 0.5) is 0 Å². The van der Waals surface area contributed by atoms with Crippen molar-refractivity contribution in [3.63, 3.8) is 0 Å². The summed E-state index contributed by atoms with van der Waals surface area (Å²) in [4.78, 5) is 4.20. The van der Waals surface area contributed by atoms with E-state index in [1.54, 1.807) is 6.20 Å². The Balaban J connectivity index is 1.94. The summed E-state index contributed by atoms with van der Waals surface area (Å²) in [5.74, 6) is 0. The van der Waals surface area contributed by atoms with Gasteiger partial charge in [0.25, 0.3) is 0 Å². The van der Waals surface area contributed by atoms with Crippen LogP contribution in [0, 0.1) is 0 Å². The molecule has 100 valence electrons. The lowest BCUT2D eigenvalue weighted by atomic mass is 9.96. The highest BCUT2D eigenvalue weighted by molar-refractivity contribution is 6.30. The van der Waals surface area contributed by atoms with E-state index in [2.05, 4.69) is 23.2 Å². The van der Waals surface area contributed by atoms with Gasteiger partial charge in [0.2, 0.25) is 0 Å². The van der Waals surface area contributed by atoms with Gasteiger partial charge in [-0.15, -0.1) is 0 Å². The molecule has 1 unspecified atom stereocenters. The summed E-state index contributed by atoms with van der Waals surface area (Å²) in [6.45, 7) is 0. The Morgan fingerprint density at radius 2 is 1.95 bits per heavy atom. The molecule has 0 aliphatic rings. The average Bonchev–Trinajstić information content (AvgIpc) is 2.46. The summed E-state index contributed by atoms with van der Waals surface area (Å²) in [6.07, 6.45) is 4.44. The van der Waals surface area contributed by atoms with Crippen molar-refractivity contribution in [3.05, 3.63) is 77.1 Å². The highest BCUT2D eigenvalue weighted by atomic mass is 35.5. The van der Waals surface area contributed by atoms with Crippen LogP contribution in [0.3, 0.4) is 0 Å². The first-order chi connectivity index (χ1) is 9.74. The smallest absolute Gasteiger partial charge is 0.0408 e. The van der Waals surface area contributed by atoms with Crippen LogP contribution in [0.1, 0.15) is 17.2 Å². The van der Waals surface area contributed by atoms with Gasteiger partial charge in [0.15, 0.2) is 0 Å². The lowest BCUT2D eigenvalue weighted by molar-refractivity contribution is 0.728. The van der Waals surface area contributed by atoms with Gasteiger partial charge in [-0.05, 0) is 41.1 Å². The number of pyridine rings is 1. The summed E-state index contributed by atoms with van der Waals surface area (Å²) in [5, 5.41) is 3.03. The molecule has 3 rings (SSSR count). The number of aromatic nitrogens is 1. The van der Waals surface area contributed by atoms with E-state index in [-0.39, 0.29) is 6.04 Å². The van der Waals surface area contributed by atoms with Gasteiger partial charge >= 0.3 is 0 Å². The molecule has 0 aliphatic carbocycles. The lowest BCUT2D eigenvalue weighted by Gasteiger charge is -2.15. The number of hydrogen-bond donors (Lipinski definition) is 1. The predicted molar refractivity (Wildman–Crippen MR) is 83.8 cm³/mol. The maximum Gasteiger partial charge on any atom is 0.0408 e. The molecular formula is C17H15ClN2. The molecule has 20 heavy (non-hydrogen) atoms. The summed E-state index contributed by atoms with van der Waals surface area (Å²) >= 11 is 6.02. The van der Waals surface area contributed by atoms with Crippen LogP contribution in [0.5, 0.6) is 0 Å². The first-order valence-electron chi connectivity index (χ1n) is 6.57. The van der Waals surface area contributed by atoms with E-state index < -0.39 is 0 Å². The molecule has 1 heterocycles. The van der Waals surface area contributed by atoms with Crippen LogP contribution < -0.4 is 5.73 Å². The Hall–Kier alpha value is -1.90. The van der Waals surface area contributed by atoms with Crippen molar-refractivity contribution in [3.8, 4) is 0 Å². The van der Waals surface area contributed by atoms with Crippen molar-refractivity contribution in [2.45, 2.75) is 12.5 Å². The second-order valence-corrected chi connectivity index (χ2v) is 5.32. The third-order valence-electron chi connectivity index (χ3n) is 3.46. The van der Waals surface area contributed by atoms with Crippen LogP contribution >= 0.6 is 11.6 Å². The summed E-state index contributed by atoms with van der Waals surface area (Å²) in [7, 11) is 0. The number of halogens is 1. The second kappa shape index (κ2) is 5.61. The Labute approximate surface area is 123 Å². The standard InChI is InChI=1S/C17H15ClN2/c18-14-5-1-3-12(9-14)10-17(19)15-6-2-4-13-7-8-20-11-16(13)15/h1-9,11,17H,10,19H2. The monoisotopic (exact) mass is 282 g/mol. The number of hydrogen-bond acceptors (Lipinski definition) is 2. The van der Waals surface area contributed by atoms with Crippen LogP contribution in [-0.4, -0.2) is 4.98 Å². The van der Waals surface area contributed by atoms with Gasteiger partial charge in [0, 0.05) is 28.8 Å². The van der Waals surface area contributed by atoms with E-state index >= 15 is 0 Å². The van der Waals surface area contributed by atoms with Gasteiger partial charge in [-0.25, -0.2) is 0 Å². The highest BCUT2D eigenvalue weighted by Gasteiger charge is 2.10. The van der Waals surface area contributed by atoms with Crippen molar-refractivity contribution in [2.75, 3.05) is 0 Å². The minimum Gasteiger partial charge on any atom is -0.324 e. The molecule has 0 aliphatic heterocycles. The Morgan fingerprint density at radius 3 is 2.80 bits per heavy atom. The van der Waals surface area contributed by atoms with Gasteiger partial charge in [0.1, 0.15) is 0 Å². The number of rotatable bonds is 3. The summed E-state index contributed by atoms with van der Waals surface area (Å²) in [5.41, 5.74) is 8.64. The largest absolute Gasteiger partial charge is 0.324 e. The first kappa shape index (κ1) is 13.1. The molecule has 1 aromatic heterocycles. The van der Waals surface area contributed by atoms with Crippen molar-refractivity contribution in [1.82, 2.24) is 4.98 Å². The predicted octanol–water partition coefficient (Wildman–Crippen LogP) is 4.13. The fourth-order valence-corrected chi connectivity index (χ4v) is 2.70. The number of nitrogens with two attached hydrogens (primary N) is 1. The second-order valence-electron chi connectivity index (χ2n) is 4.88. The molecule has 3 heteroatoms. The Bertz CT molecular complexity index is 734. The molecule has 3 aromatic rings. The maximum absolute atomic E-state index is 6.37. The minimum atomic E-state index is -0.0682. The molecule has 0 amide bonds. The summed E-state index contributed by atoms with van der Waals surface area (Å²) in [6, 6.07) is 16.0. The minimum absolute atomic E-state index is 0.0682. The fraction of sp³-hybridized carbons (Fsp3) is 0.118. The topological polar surface area (TPSA) is 38.9 Å². The van der Waals surface area contributed by atoms with E-state index in [1.165, 1.54) is 5.39 Å². The van der Waals surface area contributed by atoms with E-state index in [4.69, 9.17) is 17.3 Å². The Morgan fingerprint density at radius 1 is 1.10 bits per heavy atom. The molecule has 2 aromatic carbocycles. The van der Waals surface area contributed by atoms with Crippen LogP contribution in [0.2, 0.25) is 5.02 Å². The molecule has 0 saturated carbocycles. The van der Waals surface area contributed by atoms with Gasteiger partial charge < -0.3 is 5.73 Å². The molecular weight excluding hydrogens is 268 g/mol. The first-order valence-corrected chi connectivity index (χ1v) is 6.94. The van der Waals surface area contributed by atoms with Gasteiger partial charge in [-0.1, -0.05) is 41.9 Å². The molecule has 2 nitrogen and oxygen atoms in total. The van der Waals surface area contributed by atoms with Crippen LogP contribution in [-0.2, 0) is 6.42 Å². The molecule has 0 spiro atoms. The number of fused-ring (bicyclic) bond motifs is 1. The molecule has 0 fully saturated rings. The lowest BCUT2D eigenvalue weighted by Crippen LogP contribution is -2.13. The summed E-state index contributed by atoms with van der Waals surface area (Å²) < 4.78 is 0. The third kappa shape index (κ3) is 2.67. The van der Waals surface area contributed by atoms with Crippen LogP contribution in [0.15, 0.2) is 60.9 Å². The van der Waals surface area contributed by atoms with Crippen molar-refractivity contribution >= 4 is 22.4 Å². The van der Waals surface area contributed by atoms with E-state index in [0.29, 0.717) is 0 Å². The zero-order valence-electron chi connectivity index (χ0n) is 11.0. The van der Waals surface area contributed by atoms with Gasteiger partial charge in [-0.2, -0.15) is 0 Å². The van der Waals surface area contributed by atoms with Gasteiger partial charge in [0.05, 0.1) is 0 Å². The molecule has 0 saturated heterocycles. The third-order valence-corrected chi connectivity index (χ3v) is 3.70. The number of benzene rings is 2.